The Labute approximate surface area is 158 Å². The zero-order valence-corrected chi connectivity index (χ0v) is 16.0. The number of rotatable bonds is 7. The number of ether oxygens (including phenoxy) is 2. The quantitative estimate of drug-likeness (QED) is 0.769. The molecule has 1 fully saturated rings. The number of nitrogens with zero attached hydrogens (tertiary/aromatic N) is 1. The Morgan fingerprint density at radius 3 is 2.59 bits per heavy atom. The second-order valence-corrected chi connectivity index (χ2v) is 8.54. The summed E-state index contributed by atoms with van der Waals surface area (Å²) in [5.74, 6) is 1.45. The van der Waals surface area contributed by atoms with Crippen LogP contribution in [0.4, 0.5) is 4.79 Å². The molecule has 2 amide bonds. The molecule has 3 rings (SSSR count). The van der Waals surface area contributed by atoms with Crippen LogP contribution in [0.2, 0.25) is 0 Å². The minimum Gasteiger partial charge on any atom is -0.493 e. The maximum absolute atomic E-state index is 12.3. The van der Waals surface area contributed by atoms with Crippen LogP contribution < -0.4 is 14.8 Å². The van der Waals surface area contributed by atoms with E-state index in [2.05, 4.69) is 5.32 Å². The normalized spacial score (nSPS) is 14.5. The van der Waals surface area contributed by atoms with Gasteiger partial charge >= 0.3 is 6.03 Å². The summed E-state index contributed by atoms with van der Waals surface area (Å²) in [5.41, 5.74) is 0.850. The zero-order valence-electron chi connectivity index (χ0n) is 15.2. The summed E-state index contributed by atoms with van der Waals surface area (Å²) < 4.78 is 40.1. The predicted molar refractivity (Wildman–Crippen MR) is 98.5 cm³/mol. The third-order valence-corrected chi connectivity index (χ3v) is 6.46. The minimum absolute atomic E-state index is 0.147. The van der Waals surface area contributed by atoms with Gasteiger partial charge in [-0.3, -0.25) is 0 Å². The number of hydrogen-bond donors (Lipinski definition) is 1. The lowest BCUT2D eigenvalue weighted by atomic mass is 10.2. The second-order valence-electron chi connectivity index (χ2n) is 6.26. The highest BCUT2D eigenvalue weighted by molar-refractivity contribution is 7.91. The first-order valence-corrected chi connectivity index (χ1v) is 10.1. The third kappa shape index (κ3) is 4.36. The largest absolute Gasteiger partial charge is 0.493 e. The lowest BCUT2D eigenvalue weighted by molar-refractivity contribution is 0.168. The molecule has 0 aliphatic carbocycles. The van der Waals surface area contributed by atoms with Crippen molar-refractivity contribution in [3.05, 3.63) is 47.9 Å². The van der Waals surface area contributed by atoms with Gasteiger partial charge in [-0.2, -0.15) is 0 Å². The molecule has 1 N–H and O–H groups in total. The monoisotopic (exact) mass is 394 g/mol. The molecule has 0 atom stereocenters. The van der Waals surface area contributed by atoms with Crippen molar-refractivity contribution in [3.63, 3.8) is 0 Å². The molecular formula is C18H22N2O6S. The number of carbonyl (C=O) groups is 1. The fraction of sp³-hybridized carbons (Fsp3) is 0.389. The molecule has 2 heterocycles. The van der Waals surface area contributed by atoms with E-state index in [0.717, 1.165) is 5.56 Å². The molecule has 8 nitrogen and oxygen atoms in total. The highest BCUT2D eigenvalue weighted by Crippen LogP contribution is 2.27. The van der Waals surface area contributed by atoms with E-state index in [1.807, 2.05) is 6.07 Å². The van der Waals surface area contributed by atoms with Gasteiger partial charge in [-0.15, -0.1) is 0 Å². The Morgan fingerprint density at radius 1 is 1.22 bits per heavy atom. The summed E-state index contributed by atoms with van der Waals surface area (Å²) in [6.07, 6.45) is 1.44. The highest BCUT2D eigenvalue weighted by Gasteiger charge is 2.39. The number of benzene rings is 1. The summed E-state index contributed by atoms with van der Waals surface area (Å²) >= 11 is 0. The number of urea groups is 1. The number of methoxy groups -OCH3 is 2. The first kappa shape index (κ1) is 19.1. The molecule has 0 unspecified atom stereocenters. The number of nitrogens with one attached hydrogen (secondary N) is 1. The van der Waals surface area contributed by atoms with Gasteiger partial charge < -0.3 is 24.1 Å². The second kappa shape index (κ2) is 7.91. The average molecular weight is 394 g/mol. The van der Waals surface area contributed by atoms with Crippen LogP contribution in [0.5, 0.6) is 11.5 Å². The van der Waals surface area contributed by atoms with E-state index in [9.17, 15) is 13.2 Å². The van der Waals surface area contributed by atoms with Crippen molar-refractivity contribution in [2.24, 2.45) is 0 Å². The smallest absolute Gasteiger partial charge is 0.317 e. The molecule has 0 spiro atoms. The molecule has 1 saturated heterocycles. The predicted octanol–water partition coefficient (Wildman–Crippen LogP) is 1.81. The Balaban J connectivity index is 1.49. The van der Waals surface area contributed by atoms with Crippen LogP contribution in [0.25, 0.3) is 0 Å². The van der Waals surface area contributed by atoms with E-state index in [4.69, 9.17) is 13.9 Å². The van der Waals surface area contributed by atoms with E-state index in [1.165, 1.54) is 11.2 Å². The van der Waals surface area contributed by atoms with Gasteiger partial charge in [0.1, 0.15) is 11.5 Å². The van der Waals surface area contributed by atoms with Crippen molar-refractivity contribution >= 4 is 15.9 Å². The summed E-state index contributed by atoms with van der Waals surface area (Å²) in [5, 5.41) is 2.22. The first-order chi connectivity index (χ1) is 12.9. The fourth-order valence-electron chi connectivity index (χ4n) is 2.82. The van der Waals surface area contributed by atoms with E-state index >= 15 is 0 Å². The van der Waals surface area contributed by atoms with Gasteiger partial charge in [-0.05, 0) is 29.8 Å². The third-order valence-electron chi connectivity index (χ3n) is 4.46. The van der Waals surface area contributed by atoms with E-state index in [1.54, 1.807) is 38.5 Å². The summed E-state index contributed by atoms with van der Waals surface area (Å²) in [7, 11) is -0.242. The van der Waals surface area contributed by atoms with Crippen molar-refractivity contribution in [1.82, 2.24) is 10.2 Å². The van der Waals surface area contributed by atoms with E-state index in [-0.39, 0.29) is 24.9 Å². The van der Waals surface area contributed by atoms with Crippen molar-refractivity contribution in [1.29, 1.82) is 0 Å². The molecule has 1 aromatic carbocycles. The molecule has 0 radical (unpaired) electrons. The lowest BCUT2D eigenvalue weighted by Gasteiger charge is -2.38. The van der Waals surface area contributed by atoms with Crippen LogP contribution in [0.15, 0.2) is 41.0 Å². The molecular weight excluding hydrogens is 372 g/mol. The summed E-state index contributed by atoms with van der Waals surface area (Å²) in [6.45, 7) is 0.668. The lowest BCUT2D eigenvalue weighted by Crippen LogP contribution is -2.59. The number of carbonyl (C=O) groups excluding carboxylic acids is 1. The van der Waals surface area contributed by atoms with E-state index < -0.39 is 15.1 Å². The Kier molecular flexibility index (Phi) is 5.59. The van der Waals surface area contributed by atoms with Crippen molar-refractivity contribution < 1.29 is 27.1 Å². The van der Waals surface area contributed by atoms with Gasteiger partial charge in [-0.25, -0.2) is 13.2 Å². The molecule has 1 aliphatic heterocycles. The van der Waals surface area contributed by atoms with Crippen LogP contribution in [0.1, 0.15) is 11.3 Å². The molecule has 0 saturated carbocycles. The topological polar surface area (TPSA) is 98.1 Å². The van der Waals surface area contributed by atoms with Gasteiger partial charge in [0.15, 0.2) is 21.3 Å². The Morgan fingerprint density at radius 2 is 1.96 bits per heavy atom. The van der Waals surface area contributed by atoms with Crippen LogP contribution in [-0.2, 0) is 22.1 Å². The standard InChI is InChI=1S/C18H22N2O6S/c1-24-16-6-5-13(8-17(16)25-2)9-19-18(21)20-10-15(11-20)27(22,23)12-14-4-3-7-26-14/h3-8,15H,9-12H2,1-2H3,(H,19,21). The van der Waals surface area contributed by atoms with Gasteiger partial charge in [0, 0.05) is 19.6 Å². The molecule has 146 valence electrons. The average Bonchev–Trinajstić information content (AvgIpc) is 3.10. The fourth-order valence-corrected chi connectivity index (χ4v) is 4.43. The van der Waals surface area contributed by atoms with Crippen LogP contribution >= 0.6 is 0 Å². The molecule has 9 heteroatoms. The molecule has 2 aromatic rings. The maximum Gasteiger partial charge on any atom is 0.317 e. The molecule has 1 aliphatic rings. The van der Waals surface area contributed by atoms with Gasteiger partial charge in [-0.1, -0.05) is 6.07 Å². The Hall–Kier alpha value is -2.68. The molecule has 27 heavy (non-hydrogen) atoms. The van der Waals surface area contributed by atoms with Crippen molar-refractivity contribution in [2.45, 2.75) is 17.5 Å². The number of sulfone groups is 1. The number of hydrogen-bond acceptors (Lipinski definition) is 6. The first-order valence-electron chi connectivity index (χ1n) is 8.40. The van der Waals surface area contributed by atoms with Crippen molar-refractivity contribution in [3.8, 4) is 11.5 Å². The Bertz CT molecular complexity index is 889. The van der Waals surface area contributed by atoms with E-state index in [0.29, 0.717) is 23.8 Å². The number of furan rings is 1. The van der Waals surface area contributed by atoms with Gasteiger partial charge in [0.05, 0.1) is 25.7 Å². The minimum atomic E-state index is -3.34. The van der Waals surface area contributed by atoms with Crippen LogP contribution in [0, 0.1) is 0 Å². The summed E-state index contributed by atoms with van der Waals surface area (Å²) in [6, 6.07) is 8.36. The van der Waals surface area contributed by atoms with Gasteiger partial charge in [0.2, 0.25) is 0 Å². The molecule has 0 bridgehead atoms. The summed E-state index contributed by atoms with van der Waals surface area (Å²) in [4.78, 5) is 13.7. The zero-order chi connectivity index (χ0) is 19.4. The van der Waals surface area contributed by atoms with Crippen molar-refractivity contribution in [2.75, 3.05) is 27.3 Å². The van der Waals surface area contributed by atoms with Crippen LogP contribution in [-0.4, -0.2) is 51.9 Å². The number of amides is 2. The molecule has 1 aromatic heterocycles. The maximum atomic E-state index is 12.3. The van der Waals surface area contributed by atoms with Gasteiger partial charge in [0.25, 0.3) is 0 Å². The highest BCUT2D eigenvalue weighted by atomic mass is 32.2. The number of likely N-dealkylation sites (tertiary alicyclic amines) is 1. The SMILES string of the molecule is COc1ccc(CNC(=O)N2CC(S(=O)(=O)Cc3ccco3)C2)cc1OC. The van der Waals surface area contributed by atoms with Crippen LogP contribution in [0.3, 0.4) is 0 Å².